The van der Waals surface area contributed by atoms with Gasteiger partial charge in [-0.15, -0.1) is 0 Å². The SMILES string of the molecule is O=C(c1cnn(-c2ccccc2)c1)N1CCN(Cc2nc3ccccc3c(=O)[nH]2)CC1. The summed E-state index contributed by atoms with van der Waals surface area (Å²) in [5.74, 6) is 0.631. The van der Waals surface area contributed by atoms with Gasteiger partial charge in [0.15, 0.2) is 0 Å². The van der Waals surface area contributed by atoms with Gasteiger partial charge in [-0.1, -0.05) is 30.3 Å². The zero-order valence-corrected chi connectivity index (χ0v) is 16.9. The zero-order chi connectivity index (χ0) is 21.2. The minimum atomic E-state index is -0.121. The summed E-state index contributed by atoms with van der Waals surface area (Å²) in [4.78, 5) is 36.7. The van der Waals surface area contributed by atoms with Crippen LogP contribution in [0.1, 0.15) is 16.2 Å². The van der Waals surface area contributed by atoms with Gasteiger partial charge in [-0.25, -0.2) is 9.67 Å². The van der Waals surface area contributed by atoms with Crippen LogP contribution in [0, 0.1) is 0 Å². The molecule has 1 amide bonds. The van der Waals surface area contributed by atoms with Crippen molar-refractivity contribution in [3.63, 3.8) is 0 Å². The first-order chi connectivity index (χ1) is 15.2. The maximum atomic E-state index is 12.9. The summed E-state index contributed by atoms with van der Waals surface area (Å²) in [7, 11) is 0. The van der Waals surface area contributed by atoms with Crippen molar-refractivity contribution < 1.29 is 4.79 Å². The number of carbonyl (C=O) groups is 1. The van der Waals surface area contributed by atoms with E-state index in [9.17, 15) is 9.59 Å². The summed E-state index contributed by atoms with van der Waals surface area (Å²) in [6.07, 6.45) is 3.39. The number of hydrogen-bond acceptors (Lipinski definition) is 5. The van der Waals surface area contributed by atoms with E-state index in [1.165, 1.54) is 0 Å². The second-order valence-electron chi connectivity index (χ2n) is 7.61. The van der Waals surface area contributed by atoms with Crippen LogP contribution >= 0.6 is 0 Å². The number of rotatable bonds is 4. The lowest BCUT2D eigenvalue weighted by Crippen LogP contribution is -2.48. The third-order valence-electron chi connectivity index (χ3n) is 5.55. The fourth-order valence-corrected chi connectivity index (χ4v) is 3.87. The van der Waals surface area contributed by atoms with Crippen LogP contribution in [0.2, 0.25) is 0 Å². The molecule has 1 N–H and O–H groups in total. The van der Waals surface area contributed by atoms with Crippen molar-refractivity contribution in [1.29, 1.82) is 0 Å². The molecule has 0 atom stereocenters. The van der Waals surface area contributed by atoms with Crippen LogP contribution in [0.3, 0.4) is 0 Å². The fourth-order valence-electron chi connectivity index (χ4n) is 3.87. The van der Waals surface area contributed by atoms with Crippen LogP contribution in [0.5, 0.6) is 0 Å². The largest absolute Gasteiger partial charge is 0.336 e. The van der Waals surface area contributed by atoms with Gasteiger partial charge in [-0.3, -0.25) is 14.5 Å². The quantitative estimate of drug-likeness (QED) is 0.552. The molecular formula is C23H22N6O2. The lowest BCUT2D eigenvalue weighted by Gasteiger charge is -2.34. The molecule has 31 heavy (non-hydrogen) atoms. The predicted molar refractivity (Wildman–Crippen MR) is 117 cm³/mol. The molecule has 2 aromatic carbocycles. The number of piperazine rings is 1. The van der Waals surface area contributed by atoms with Crippen molar-refractivity contribution in [2.24, 2.45) is 0 Å². The number of para-hydroxylation sites is 2. The van der Waals surface area contributed by atoms with Crippen molar-refractivity contribution >= 4 is 16.8 Å². The molecule has 1 aliphatic rings. The lowest BCUT2D eigenvalue weighted by molar-refractivity contribution is 0.0625. The molecule has 4 aromatic rings. The molecule has 0 bridgehead atoms. The Labute approximate surface area is 178 Å². The molecule has 1 fully saturated rings. The first-order valence-corrected chi connectivity index (χ1v) is 10.3. The summed E-state index contributed by atoms with van der Waals surface area (Å²) in [6.45, 7) is 3.22. The summed E-state index contributed by atoms with van der Waals surface area (Å²) in [6, 6.07) is 17.1. The van der Waals surface area contributed by atoms with E-state index in [0.29, 0.717) is 41.9 Å². The third-order valence-corrected chi connectivity index (χ3v) is 5.55. The molecule has 156 valence electrons. The topological polar surface area (TPSA) is 87.1 Å². The standard InChI is InChI=1S/C23H22N6O2/c30-22-19-8-4-5-9-20(19)25-21(26-22)16-27-10-12-28(13-11-27)23(31)17-14-24-29(15-17)18-6-2-1-3-7-18/h1-9,14-15H,10-13,16H2,(H,25,26,30). The molecule has 0 saturated carbocycles. The molecule has 1 saturated heterocycles. The summed E-state index contributed by atoms with van der Waals surface area (Å²) in [5.41, 5.74) is 2.08. The van der Waals surface area contributed by atoms with E-state index in [4.69, 9.17) is 0 Å². The van der Waals surface area contributed by atoms with E-state index in [-0.39, 0.29) is 11.5 Å². The summed E-state index contributed by atoms with van der Waals surface area (Å²) >= 11 is 0. The maximum absolute atomic E-state index is 12.9. The Morgan fingerprint density at radius 1 is 0.968 bits per heavy atom. The monoisotopic (exact) mass is 414 g/mol. The van der Waals surface area contributed by atoms with Crippen molar-refractivity contribution in [2.45, 2.75) is 6.54 Å². The molecule has 0 radical (unpaired) electrons. The van der Waals surface area contributed by atoms with Gasteiger partial charge in [-0.05, 0) is 24.3 Å². The number of fused-ring (bicyclic) bond motifs is 1. The van der Waals surface area contributed by atoms with E-state index in [1.807, 2.05) is 53.4 Å². The average Bonchev–Trinajstić information content (AvgIpc) is 3.30. The van der Waals surface area contributed by atoms with E-state index in [1.54, 1.807) is 23.1 Å². The van der Waals surface area contributed by atoms with Gasteiger partial charge in [0, 0.05) is 32.4 Å². The van der Waals surface area contributed by atoms with Crippen LogP contribution in [0.4, 0.5) is 0 Å². The molecule has 1 aliphatic heterocycles. The molecule has 5 rings (SSSR count). The van der Waals surface area contributed by atoms with Gasteiger partial charge in [0.25, 0.3) is 11.5 Å². The van der Waals surface area contributed by atoms with E-state index < -0.39 is 0 Å². The zero-order valence-electron chi connectivity index (χ0n) is 16.9. The highest BCUT2D eigenvalue weighted by molar-refractivity contribution is 5.93. The molecular weight excluding hydrogens is 392 g/mol. The fraction of sp³-hybridized carbons (Fsp3) is 0.217. The van der Waals surface area contributed by atoms with E-state index in [0.717, 1.165) is 18.8 Å². The van der Waals surface area contributed by atoms with E-state index in [2.05, 4.69) is 20.0 Å². The molecule has 8 heteroatoms. The number of hydrogen-bond donors (Lipinski definition) is 1. The normalized spacial score (nSPS) is 14.8. The molecule has 8 nitrogen and oxygen atoms in total. The Hall–Kier alpha value is -3.78. The highest BCUT2D eigenvalue weighted by Gasteiger charge is 2.23. The highest BCUT2D eigenvalue weighted by atomic mass is 16.2. The number of H-pyrrole nitrogens is 1. The van der Waals surface area contributed by atoms with Gasteiger partial charge >= 0.3 is 0 Å². The second kappa shape index (κ2) is 8.16. The number of nitrogens with zero attached hydrogens (tertiary/aromatic N) is 5. The van der Waals surface area contributed by atoms with Crippen LogP contribution < -0.4 is 5.56 Å². The molecule has 0 spiro atoms. The van der Waals surface area contributed by atoms with Crippen LogP contribution in [0.25, 0.3) is 16.6 Å². The van der Waals surface area contributed by atoms with Crippen molar-refractivity contribution in [3.05, 3.63) is 88.7 Å². The van der Waals surface area contributed by atoms with Crippen LogP contribution in [-0.2, 0) is 6.54 Å². The van der Waals surface area contributed by atoms with Gasteiger partial charge in [0.1, 0.15) is 5.82 Å². The van der Waals surface area contributed by atoms with Crippen molar-refractivity contribution in [3.8, 4) is 5.69 Å². The van der Waals surface area contributed by atoms with Crippen molar-refractivity contribution in [1.82, 2.24) is 29.5 Å². The molecule has 3 heterocycles. The van der Waals surface area contributed by atoms with Gasteiger partial charge in [0.05, 0.1) is 34.9 Å². The summed E-state index contributed by atoms with van der Waals surface area (Å²) in [5, 5.41) is 4.92. The number of carbonyl (C=O) groups excluding carboxylic acids is 1. The van der Waals surface area contributed by atoms with E-state index >= 15 is 0 Å². The smallest absolute Gasteiger partial charge is 0.258 e. The van der Waals surface area contributed by atoms with Crippen LogP contribution in [0.15, 0.2) is 71.8 Å². The molecule has 2 aromatic heterocycles. The lowest BCUT2D eigenvalue weighted by atomic mass is 10.2. The van der Waals surface area contributed by atoms with Gasteiger partial charge in [0.2, 0.25) is 0 Å². The molecule has 0 unspecified atom stereocenters. The second-order valence-corrected chi connectivity index (χ2v) is 7.61. The van der Waals surface area contributed by atoms with Crippen LogP contribution in [-0.4, -0.2) is 61.6 Å². The number of benzene rings is 2. The number of aromatic nitrogens is 4. The number of nitrogens with one attached hydrogen (secondary N) is 1. The Morgan fingerprint density at radius 2 is 1.71 bits per heavy atom. The van der Waals surface area contributed by atoms with Gasteiger partial charge in [-0.2, -0.15) is 5.10 Å². The first-order valence-electron chi connectivity index (χ1n) is 10.3. The minimum absolute atomic E-state index is 0.0148. The highest BCUT2D eigenvalue weighted by Crippen LogP contribution is 2.13. The third kappa shape index (κ3) is 3.97. The predicted octanol–water partition coefficient (Wildman–Crippen LogP) is 2.07. The van der Waals surface area contributed by atoms with Crippen molar-refractivity contribution in [2.75, 3.05) is 26.2 Å². The first kappa shape index (κ1) is 19.2. The molecule has 0 aliphatic carbocycles. The Bertz CT molecular complexity index is 1270. The minimum Gasteiger partial charge on any atom is -0.336 e. The summed E-state index contributed by atoms with van der Waals surface area (Å²) < 4.78 is 1.71. The number of aromatic amines is 1. The Kier molecular flexibility index (Phi) is 5.05. The Morgan fingerprint density at radius 3 is 2.52 bits per heavy atom. The number of amides is 1. The van der Waals surface area contributed by atoms with Gasteiger partial charge < -0.3 is 9.88 Å². The maximum Gasteiger partial charge on any atom is 0.258 e. The average molecular weight is 414 g/mol. The Balaban J connectivity index is 1.22.